The third-order valence-electron chi connectivity index (χ3n) is 4.22. The first-order valence-electron chi connectivity index (χ1n) is 9.48. The monoisotopic (exact) mass is 461 g/mol. The first-order valence-corrected chi connectivity index (χ1v) is 11.0. The average Bonchev–Trinajstić information content (AvgIpc) is 2.73. The first-order chi connectivity index (χ1) is 13.9. The summed E-state index contributed by atoms with van der Waals surface area (Å²) in [4.78, 5) is 4.26. The molecule has 2 N–H and O–H groups in total. The van der Waals surface area contributed by atoms with Crippen molar-refractivity contribution in [1.29, 1.82) is 0 Å². The van der Waals surface area contributed by atoms with E-state index < -0.39 is 16.7 Å². The van der Waals surface area contributed by atoms with E-state index in [0.29, 0.717) is 19.0 Å². The van der Waals surface area contributed by atoms with Crippen LogP contribution in [0.3, 0.4) is 0 Å². The summed E-state index contributed by atoms with van der Waals surface area (Å²) in [5.74, 6) is 0.164. The molecule has 1 aromatic heterocycles. The largest absolute Gasteiger partial charge is 0.479 e. The lowest BCUT2D eigenvalue weighted by molar-refractivity contribution is 0.296. The van der Waals surface area contributed by atoms with Gasteiger partial charge in [0.25, 0.3) is 10.0 Å². The van der Waals surface area contributed by atoms with Crippen molar-refractivity contribution < 1.29 is 22.3 Å². The lowest BCUT2D eigenvalue weighted by atomic mass is 10.0. The Hall–Kier alpha value is -2.10. The van der Waals surface area contributed by atoms with Gasteiger partial charge in [-0.3, -0.25) is 9.11 Å². The lowest BCUT2D eigenvalue weighted by Gasteiger charge is -2.13. The van der Waals surface area contributed by atoms with E-state index in [1.165, 1.54) is 25.3 Å². The molecule has 1 atom stereocenters. The first kappa shape index (κ1) is 25.9. The van der Waals surface area contributed by atoms with Crippen LogP contribution in [0.15, 0.2) is 41.3 Å². The van der Waals surface area contributed by atoms with Crippen LogP contribution in [0.4, 0.5) is 10.1 Å². The van der Waals surface area contributed by atoms with Crippen molar-refractivity contribution in [1.82, 2.24) is 10.3 Å². The van der Waals surface area contributed by atoms with E-state index in [1.807, 2.05) is 0 Å². The highest BCUT2D eigenvalue weighted by atomic mass is 35.5. The maximum atomic E-state index is 12.8. The second kappa shape index (κ2) is 12.6. The molecule has 30 heavy (non-hydrogen) atoms. The summed E-state index contributed by atoms with van der Waals surface area (Å²) in [6, 6.07) is 9.23. The van der Waals surface area contributed by atoms with E-state index in [4.69, 9.17) is 9.47 Å². The second-order valence-corrected chi connectivity index (χ2v) is 8.22. The van der Waals surface area contributed by atoms with Gasteiger partial charge in [0.1, 0.15) is 12.3 Å². The van der Waals surface area contributed by atoms with Crippen molar-refractivity contribution in [2.24, 2.45) is 0 Å². The van der Waals surface area contributed by atoms with Crippen molar-refractivity contribution in [2.75, 3.05) is 38.2 Å². The highest BCUT2D eigenvalue weighted by Gasteiger charge is 2.18. The average molecular weight is 462 g/mol. The minimum Gasteiger partial charge on any atom is -0.479 e. The van der Waals surface area contributed by atoms with Crippen LogP contribution in [0.1, 0.15) is 31.7 Å². The Morgan fingerprint density at radius 2 is 1.83 bits per heavy atom. The Balaban J connectivity index is 0.00000450. The fourth-order valence-corrected chi connectivity index (χ4v) is 3.59. The molecule has 0 aliphatic carbocycles. The molecule has 2 rings (SSSR count). The van der Waals surface area contributed by atoms with Crippen LogP contribution in [0.5, 0.6) is 11.8 Å². The Bertz CT molecular complexity index is 882. The van der Waals surface area contributed by atoms with E-state index in [2.05, 4.69) is 21.9 Å². The zero-order valence-corrected chi connectivity index (χ0v) is 19.0. The molecule has 10 heteroatoms. The molecule has 0 spiro atoms. The third-order valence-corrected chi connectivity index (χ3v) is 5.60. The molecule has 1 heterocycles. The number of anilines is 1. The number of aromatic nitrogens is 1. The number of rotatable bonds is 12. The van der Waals surface area contributed by atoms with Gasteiger partial charge in [-0.2, -0.15) is 4.98 Å². The number of benzene rings is 1. The topological polar surface area (TPSA) is 89.6 Å². The smallest absolute Gasteiger partial charge is 0.262 e. The van der Waals surface area contributed by atoms with Gasteiger partial charge < -0.3 is 14.8 Å². The van der Waals surface area contributed by atoms with E-state index >= 15 is 0 Å². The van der Waals surface area contributed by atoms with Gasteiger partial charge in [0.2, 0.25) is 11.8 Å². The normalized spacial score (nSPS) is 12.0. The Morgan fingerprint density at radius 3 is 2.43 bits per heavy atom. The van der Waals surface area contributed by atoms with Gasteiger partial charge in [0.05, 0.1) is 18.7 Å². The van der Waals surface area contributed by atoms with Gasteiger partial charge in [-0.25, -0.2) is 8.42 Å². The van der Waals surface area contributed by atoms with Crippen molar-refractivity contribution in [2.45, 2.75) is 31.1 Å². The maximum Gasteiger partial charge on any atom is 0.262 e. The molecule has 0 radical (unpaired) electrons. The van der Waals surface area contributed by atoms with E-state index in [0.717, 1.165) is 18.5 Å². The minimum absolute atomic E-state index is 0. The predicted molar refractivity (Wildman–Crippen MR) is 118 cm³/mol. The van der Waals surface area contributed by atoms with Gasteiger partial charge in [-0.15, -0.1) is 12.4 Å². The molecule has 0 aliphatic rings. The fourth-order valence-electron chi connectivity index (χ4n) is 2.53. The molecule has 1 aromatic carbocycles. The van der Waals surface area contributed by atoms with Crippen molar-refractivity contribution >= 4 is 28.1 Å². The maximum absolute atomic E-state index is 12.8. The van der Waals surface area contributed by atoms with Crippen molar-refractivity contribution in [3.63, 3.8) is 0 Å². The summed E-state index contributed by atoms with van der Waals surface area (Å²) in [6.07, 6.45) is 1.04. The van der Waals surface area contributed by atoms with Gasteiger partial charge in [-0.1, -0.05) is 26.0 Å². The number of nitrogens with zero attached hydrogens (tertiary/aromatic N) is 1. The Kier molecular flexibility index (Phi) is 10.9. The number of pyridine rings is 1. The molecule has 0 saturated heterocycles. The van der Waals surface area contributed by atoms with E-state index in [1.54, 1.807) is 25.1 Å². The number of methoxy groups -OCH3 is 1. The van der Waals surface area contributed by atoms with Crippen LogP contribution in [-0.2, 0) is 10.0 Å². The quantitative estimate of drug-likeness (QED) is 0.468. The number of nitrogens with one attached hydrogen (secondary N) is 2. The van der Waals surface area contributed by atoms with Crippen LogP contribution in [0.25, 0.3) is 0 Å². The van der Waals surface area contributed by atoms with Gasteiger partial charge in [0, 0.05) is 18.5 Å². The second-order valence-electron chi connectivity index (χ2n) is 6.53. The van der Waals surface area contributed by atoms with Crippen LogP contribution in [-0.4, -0.2) is 46.9 Å². The van der Waals surface area contributed by atoms with Crippen LogP contribution in [0, 0.1) is 0 Å². The van der Waals surface area contributed by atoms with Gasteiger partial charge in [0.15, 0.2) is 0 Å². The number of hydrogen-bond donors (Lipinski definition) is 2. The summed E-state index contributed by atoms with van der Waals surface area (Å²) < 4.78 is 51.3. The Labute approximate surface area is 183 Å². The molecular formula is C20H29ClFN3O4S. The molecule has 2 aromatic rings. The molecule has 0 aliphatic heterocycles. The highest BCUT2D eigenvalue weighted by molar-refractivity contribution is 7.92. The summed E-state index contributed by atoms with van der Waals surface area (Å²) in [6.45, 7) is 5.35. The van der Waals surface area contributed by atoms with E-state index in [-0.39, 0.29) is 34.8 Å². The minimum atomic E-state index is -3.85. The number of hydrogen-bond acceptors (Lipinski definition) is 6. The lowest BCUT2D eigenvalue weighted by Crippen LogP contribution is -2.21. The molecule has 7 nitrogen and oxygen atoms in total. The van der Waals surface area contributed by atoms with Gasteiger partial charge >= 0.3 is 0 Å². The predicted octanol–water partition coefficient (Wildman–Crippen LogP) is 3.76. The zero-order valence-electron chi connectivity index (χ0n) is 17.4. The fraction of sp³-hybridized carbons (Fsp3) is 0.450. The molecule has 0 bridgehead atoms. The van der Waals surface area contributed by atoms with E-state index in [9.17, 15) is 12.8 Å². The zero-order chi connectivity index (χ0) is 21.3. The standard InChI is InChI=1S/C20H28FN3O4S.ClH/c1-4-11-22-12-13-28-19-10-9-18(20(23-19)27-3)24-29(25,26)17-7-5-16(6-8-17)15(2)14-21;/h5-10,15,22,24H,4,11-14H2,1-3H3;1H/t15-;/m1./s1. The molecule has 0 saturated carbocycles. The number of ether oxygens (including phenoxy) is 2. The Morgan fingerprint density at radius 1 is 1.13 bits per heavy atom. The van der Waals surface area contributed by atoms with Crippen LogP contribution in [0.2, 0.25) is 0 Å². The molecule has 168 valence electrons. The SMILES string of the molecule is CCCNCCOc1ccc(NS(=O)(=O)c2ccc([C@H](C)CF)cc2)c(OC)n1.Cl. The molecule has 0 unspecified atom stereocenters. The van der Waals surface area contributed by atoms with Gasteiger partial charge in [-0.05, 0) is 36.7 Å². The summed E-state index contributed by atoms with van der Waals surface area (Å²) in [7, 11) is -2.45. The molecular weight excluding hydrogens is 433 g/mol. The van der Waals surface area contributed by atoms with Crippen molar-refractivity contribution in [3.8, 4) is 11.8 Å². The van der Waals surface area contributed by atoms with Crippen LogP contribution < -0.4 is 19.5 Å². The van der Waals surface area contributed by atoms with Crippen molar-refractivity contribution in [3.05, 3.63) is 42.0 Å². The third kappa shape index (κ3) is 7.30. The van der Waals surface area contributed by atoms with Crippen LogP contribution >= 0.6 is 12.4 Å². The summed E-state index contributed by atoms with van der Waals surface area (Å²) in [5, 5.41) is 3.21. The number of sulfonamides is 1. The molecule has 0 amide bonds. The number of alkyl halides is 1. The summed E-state index contributed by atoms with van der Waals surface area (Å²) >= 11 is 0. The highest BCUT2D eigenvalue weighted by Crippen LogP contribution is 2.28. The molecule has 0 fully saturated rings. The number of halogens is 2. The summed E-state index contributed by atoms with van der Waals surface area (Å²) in [5.41, 5.74) is 0.936.